The standard InChI is InChI=1S/C19H16ClN5O2/c1-11-15(12(2)25-19(23-11)21-10-22-25)8-17(26)27-9-14-7-13-5-3-4-6-16(13)24-18(14)20/h3-7,10H,8-9H2,1-2H3. The number of carbonyl (C=O) groups is 1. The normalized spacial score (nSPS) is 11.2. The number of carbonyl (C=O) groups excluding carboxylic acids is 1. The van der Waals surface area contributed by atoms with Gasteiger partial charge in [0.05, 0.1) is 11.9 Å². The molecule has 4 aromatic rings. The minimum absolute atomic E-state index is 0.0621. The molecule has 136 valence electrons. The number of pyridine rings is 1. The largest absolute Gasteiger partial charge is 0.460 e. The molecule has 0 unspecified atom stereocenters. The van der Waals surface area contributed by atoms with Gasteiger partial charge in [0.15, 0.2) is 0 Å². The number of nitrogens with zero attached hydrogens (tertiary/aromatic N) is 5. The number of aryl methyl sites for hydroxylation is 2. The molecular weight excluding hydrogens is 366 g/mol. The predicted molar refractivity (Wildman–Crippen MR) is 101 cm³/mol. The molecule has 1 aromatic carbocycles. The SMILES string of the molecule is Cc1nc2ncnn2c(C)c1CC(=O)OCc1cc2ccccc2nc1Cl. The Morgan fingerprint density at radius 1 is 1.22 bits per heavy atom. The molecule has 0 amide bonds. The summed E-state index contributed by atoms with van der Waals surface area (Å²) in [6.45, 7) is 3.78. The van der Waals surface area contributed by atoms with Crippen LogP contribution in [0.2, 0.25) is 5.15 Å². The van der Waals surface area contributed by atoms with Crippen molar-refractivity contribution in [2.75, 3.05) is 0 Å². The summed E-state index contributed by atoms with van der Waals surface area (Å²) in [5, 5.41) is 5.40. The van der Waals surface area contributed by atoms with Gasteiger partial charge < -0.3 is 4.74 Å². The number of esters is 1. The van der Waals surface area contributed by atoms with Crippen LogP contribution in [0, 0.1) is 13.8 Å². The lowest BCUT2D eigenvalue weighted by atomic mass is 10.1. The Hall–Kier alpha value is -3.06. The second kappa shape index (κ2) is 6.92. The fourth-order valence-corrected chi connectivity index (χ4v) is 3.20. The lowest BCUT2D eigenvalue weighted by Crippen LogP contribution is -2.13. The van der Waals surface area contributed by atoms with E-state index < -0.39 is 0 Å². The fraction of sp³-hybridized carbons (Fsp3) is 0.211. The number of hydrogen-bond donors (Lipinski definition) is 0. The quantitative estimate of drug-likeness (QED) is 0.398. The van der Waals surface area contributed by atoms with Crippen molar-refractivity contribution in [2.45, 2.75) is 26.9 Å². The van der Waals surface area contributed by atoms with Gasteiger partial charge in [-0.2, -0.15) is 10.1 Å². The van der Waals surface area contributed by atoms with E-state index >= 15 is 0 Å². The van der Waals surface area contributed by atoms with Crippen LogP contribution in [0.25, 0.3) is 16.7 Å². The van der Waals surface area contributed by atoms with E-state index in [1.165, 1.54) is 6.33 Å². The molecule has 0 radical (unpaired) electrons. The molecule has 0 bridgehead atoms. The highest BCUT2D eigenvalue weighted by Crippen LogP contribution is 2.21. The highest BCUT2D eigenvalue weighted by Gasteiger charge is 2.16. The Balaban J connectivity index is 1.51. The van der Waals surface area contributed by atoms with Crippen LogP contribution in [-0.2, 0) is 22.6 Å². The van der Waals surface area contributed by atoms with Gasteiger partial charge in [-0.3, -0.25) is 4.79 Å². The molecule has 0 saturated heterocycles. The second-order valence-electron chi connectivity index (χ2n) is 6.20. The molecule has 8 heteroatoms. The number of aromatic nitrogens is 5. The maximum atomic E-state index is 12.4. The molecule has 27 heavy (non-hydrogen) atoms. The van der Waals surface area contributed by atoms with Crippen molar-refractivity contribution in [1.82, 2.24) is 24.6 Å². The number of fused-ring (bicyclic) bond motifs is 2. The zero-order valence-electron chi connectivity index (χ0n) is 14.8. The Bertz CT molecular complexity index is 1170. The molecule has 4 rings (SSSR count). The average Bonchev–Trinajstić information content (AvgIpc) is 3.12. The van der Waals surface area contributed by atoms with E-state index in [1.807, 2.05) is 44.2 Å². The van der Waals surface area contributed by atoms with Crippen LogP contribution >= 0.6 is 11.6 Å². The van der Waals surface area contributed by atoms with Gasteiger partial charge in [-0.15, -0.1) is 0 Å². The van der Waals surface area contributed by atoms with Crippen molar-refractivity contribution >= 4 is 34.3 Å². The summed E-state index contributed by atoms with van der Waals surface area (Å²) < 4.78 is 7.04. The molecule has 7 nitrogen and oxygen atoms in total. The third-order valence-corrected chi connectivity index (χ3v) is 4.78. The molecule has 0 aliphatic carbocycles. The first kappa shape index (κ1) is 17.4. The van der Waals surface area contributed by atoms with E-state index in [-0.39, 0.29) is 19.0 Å². The van der Waals surface area contributed by atoms with E-state index in [1.54, 1.807) is 4.52 Å². The minimum atomic E-state index is -0.369. The third-order valence-electron chi connectivity index (χ3n) is 4.45. The van der Waals surface area contributed by atoms with Crippen LogP contribution in [-0.4, -0.2) is 30.5 Å². The molecule has 3 aromatic heterocycles. The topological polar surface area (TPSA) is 82.3 Å². The van der Waals surface area contributed by atoms with Crippen molar-refractivity contribution in [3.05, 3.63) is 64.3 Å². The summed E-state index contributed by atoms with van der Waals surface area (Å²) in [5.74, 6) is 0.142. The van der Waals surface area contributed by atoms with Crippen molar-refractivity contribution in [1.29, 1.82) is 0 Å². The monoisotopic (exact) mass is 381 g/mol. The Morgan fingerprint density at radius 2 is 2.04 bits per heavy atom. The van der Waals surface area contributed by atoms with E-state index in [0.29, 0.717) is 16.5 Å². The molecule has 0 aliphatic heterocycles. The van der Waals surface area contributed by atoms with Gasteiger partial charge in [0, 0.05) is 27.9 Å². The first-order valence-corrected chi connectivity index (χ1v) is 8.76. The van der Waals surface area contributed by atoms with Gasteiger partial charge in [0.2, 0.25) is 0 Å². The molecule has 3 heterocycles. The van der Waals surface area contributed by atoms with Crippen molar-refractivity contribution in [2.24, 2.45) is 0 Å². The summed E-state index contributed by atoms with van der Waals surface area (Å²) in [7, 11) is 0. The highest BCUT2D eigenvalue weighted by molar-refractivity contribution is 6.30. The number of para-hydroxylation sites is 1. The lowest BCUT2D eigenvalue weighted by molar-refractivity contribution is -0.144. The molecule has 0 aliphatic rings. The van der Waals surface area contributed by atoms with Gasteiger partial charge >= 0.3 is 5.97 Å². The van der Waals surface area contributed by atoms with E-state index in [9.17, 15) is 4.79 Å². The number of rotatable bonds is 4. The van der Waals surface area contributed by atoms with Gasteiger partial charge in [-0.05, 0) is 26.0 Å². The smallest absolute Gasteiger partial charge is 0.310 e. The van der Waals surface area contributed by atoms with Gasteiger partial charge in [-0.1, -0.05) is 29.8 Å². The molecule has 0 spiro atoms. The Kier molecular flexibility index (Phi) is 4.45. The predicted octanol–water partition coefficient (Wildman–Crippen LogP) is 3.23. The van der Waals surface area contributed by atoms with Gasteiger partial charge in [0.1, 0.15) is 18.1 Å². The summed E-state index contributed by atoms with van der Waals surface area (Å²) in [6, 6.07) is 9.53. The number of halogens is 1. The Morgan fingerprint density at radius 3 is 2.89 bits per heavy atom. The molecule has 0 saturated carbocycles. The lowest BCUT2D eigenvalue weighted by Gasteiger charge is -2.11. The second-order valence-corrected chi connectivity index (χ2v) is 6.56. The molecule has 0 fully saturated rings. The van der Waals surface area contributed by atoms with Gasteiger partial charge in [0.25, 0.3) is 5.78 Å². The van der Waals surface area contributed by atoms with Crippen molar-refractivity contribution in [3.8, 4) is 0 Å². The average molecular weight is 382 g/mol. The third kappa shape index (κ3) is 3.33. The zero-order chi connectivity index (χ0) is 19.0. The first-order chi connectivity index (χ1) is 13.0. The minimum Gasteiger partial charge on any atom is -0.460 e. The van der Waals surface area contributed by atoms with Crippen molar-refractivity contribution < 1.29 is 9.53 Å². The molecule has 0 atom stereocenters. The van der Waals surface area contributed by atoms with E-state index in [2.05, 4.69) is 20.1 Å². The number of ether oxygens (including phenoxy) is 1. The zero-order valence-corrected chi connectivity index (χ0v) is 15.6. The van der Waals surface area contributed by atoms with Crippen LogP contribution in [0.15, 0.2) is 36.7 Å². The Labute approximate surface area is 160 Å². The van der Waals surface area contributed by atoms with Gasteiger partial charge in [-0.25, -0.2) is 14.5 Å². The van der Waals surface area contributed by atoms with E-state index in [4.69, 9.17) is 16.3 Å². The van der Waals surface area contributed by atoms with Crippen molar-refractivity contribution in [3.63, 3.8) is 0 Å². The summed E-state index contributed by atoms with van der Waals surface area (Å²) in [6.07, 6.45) is 1.53. The first-order valence-electron chi connectivity index (χ1n) is 8.38. The molecule has 0 N–H and O–H groups in total. The number of hydrogen-bond acceptors (Lipinski definition) is 6. The van der Waals surface area contributed by atoms with Crippen LogP contribution in [0.3, 0.4) is 0 Å². The summed E-state index contributed by atoms with van der Waals surface area (Å²) >= 11 is 6.22. The van der Waals surface area contributed by atoms with Crippen LogP contribution in [0.4, 0.5) is 0 Å². The van der Waals surface area contributed by atoms with E-state index in [0.717, 1.165) is 27.9 Å². The van der Waals surface area contributed by atoms with Crippen LogP contribution < -0.4 is 0 Å². The number of benzene rings is 1. The van der Waals surface area contributed by atoms with Crippen LogP contribution in [0.1, 0.15) is 22.5 Å². The molecular formula is C19H16ClN5O2. The fourth-order valence-electron chi connectivity index (χ4n) is 3.00. The maximum Gasteiger partial charge on any atom is 0.310 e. The summed E-state index contributed by atoms with van der Waals surface area (Å²) in [4.78, 5) is 25.2. The summed E-state index contributed by atoms with van der Waals surface area (Å²) in [5.41, 5.74) is 3.80. The highest BCUT2D eigenvalue weighted by atomic mass is 35.5. The van der Waals surface area contributed by atoms with Crippen LogP contribution in [0.5, 0.6) is 0 Å². The maximum absolute atomic E-state index is 12.4.